The van der Waals surface area contributed by atoms with E-state index in [0.29, 0.717) is 19.6 Å². The minimum absolute atomic E-state index is 0.00832. The summed E-state index contributed by atoms with van der Waals surface area (Å²) in [5.74, 6) is -1.09. The van der Waals surface area contributed by atoms with Gasteiger partial charge in [-0.2, -0.15) is 0 Å². The molecule has 1 aliphatic carbocycles. The van der Waals surface area contributed by atoms with Crippen LogP contribution in [0.2, 0.25) is 0 Å². The molecule has 0 N–H and O–H groups in total. The van der Waals surface area contributed by atoms with Gasteiger partial charge in [0.15, 0.2) is 0 Å². The van der Waals surface area contributed by atoms with E-state index in [9.17, 15) is 8.78 Å². The molecule has 26 heavy (non-hydrogen) atoms. The molecule has 0 atom stereocenters. The monoisotopic (exact) mass is 428 g/mol. The van der Waals surface area contributed by atoms with Crippen LogP contribution in [0.1, 0.15) is 32.1 Å². The number of halogens is 3. The lowest BCUT2D eigenvalue weighted by Gasteiger charge is -2.32. The van der Waals surface area contributed by atoms with Gasteiger partial charge in [0.25, 0.3) is 5.92 Å². The standard InChI is InChI=1S/C18H23BrF2N4O/c19-16-15(26-10-2-9-24-8-1-7-18(20,21)12-24)6-5-14-17(16)22-23-25(14)11-13-3-4-13/h5-6,13H,1-4,7-12H2. The zero-order valence-corrected chi connectivity index (χ0v) is 16.2. The highest BCUT2D eigenvalue weighted by Gasteiger charge is 2.34. The average Bonchev–Trinajstić information content (AvgIpc) is 3.31. The second-order valence-electron chi connectivity index (χ2n) is 7.40. The van der Waals surface area contributed by atoms with Crippen molar-refractivity contribution in [2.45, 2.75) is 44.6 Å². The minimum Gasteiger partial charge on any atom is -0.492 e. The van der Waals surface area contributed by atoms with Crippen LogP contribution in [-0.2, 0) is 6.54 Å². The van der Waals surface area contributed by atoms with Crippen molar-refractivity contribution in [3.05, 3.63) is 16.6 Å². The normalized spacial score (nSPS) is 20.6. The number of piperidine rings is 1. The van der Waals surface area contributed by atoms with Gasteiger partial charge in [0.2, 0.25) is 0 Å². The summed E-state index contributed by atoms with van der Waals surface area (Å²) in [6, 6.07) is 3.91. The number of fused-ring (bicyclic) bond motifs is 1. The number of hydrogen-bond acceptors (Lipinski definition) is 4. The maximum absolute atomic E-state index is 13.4. The Bertz CT molecular complexity index is 778. The lowest BCUT2D eigenvalue weighted by Crippen LogP contribution is -2.43. The third kappa shape index (κ3) is 4.17. The van der Waals surface area contributed by atoms with Crippen molar-refractivity contribution >= 4 is 27.0 Å². The molecule has 2 aliphatic rings. The average molecular weight is 429 g/mol. The van der Waals surface area contributed by atoms with Crippen molar-refractivity contribution in [2.24, 2.45) is 5.92 Å². The number of hydrogen-bond donors (Lipinski definition) is 0. The number of benzene rings is 1. The fourth-order valence-corrected chi connectivity index (χ4v) is 4.01. The van der Waals surface area contributed by atoms with Gasteiger partial charge in [0, 0.05) is 19.5 Å². The van der Waals surface area contributed by atoms with Crippen molar-refractivity contribution in [1.82, 2.24) is 19.9 Å². The first-order valence-electron chi connectivity index (χ1n) is 9.26. The first kappa shape index (κ1) is 18.1. The van der Waals surface area contributed by atoms with Crippen molar-refractivity contribution in [1.29, 1.82) is 0 Å². The molecule has 1 aromatic heterocycles. The topological polar surface area (TPSA) is 43.2 Å². The number of ether oxygens (including phenoxy) is 1. The van der Waals surface area contributed by atoms with Crippen molar-refractivity contribution in [3.63, 3.8) is 0 Å². The second kappa shape index (κ2) is 7.38. The van der Waals surface area contributed by atoms with Gasteiger partial charge < -0.3 is 4.74 Å². The van der Waals surface area contributed by atoms with Crippen LogP contribution in [0.15, 0.2) is 16.6 Å². The first-order chi connectivity index (χ1) is 12.5. The third-order valence-corrected chi connectivity index (χ3v) is 5.83. The van der Waals surface area contributed by atoms with Crippen molar-refractivity contribution in [2.75, 3.05) is 26.2 Å². The minimum atomic E-state index is -2.54. The first-order valence-corrected chi connectivity index (χ1v) is 10.1. The SMILES string of the molecule is FC1(F)CCCN(CCCOc2ccc3c(nnn3CC3CC3)c2Br)C1. The van der Waals surface area contributed by atoms with Crippen LogP contribution in [0.5, 0.6) is 5.75 Å². The molecule has 1 aromatic carbocycles. The number of aromatic nitrogens is 3. The van der Waals surface area contributed by atoms with E-state index in [1.165, 1.54) is 12.8 Å². The molecule has 1 saturated heterocycles. The molecule has 0 amide bonds. The molecule has 0 unspecified atom stereocenters. The van der Waals surface area contributed by atoms with Crippen molar-refractivity contribution in [3.8, 4) is 5.75 Å². The molecule has 2 aromatic rings. The van der Waals surface area contributed by atoms with Gasteiger partial charge >= 0.3 is 0 Å². The maximum atomic E-state index is 13.4. The number of likely N-dealkylation sites (tertiary alicyclic amines) is 1. The van der Waals surface area contributed by atoms with Crippen molar-refractivity contribution < 1.29 is 13.5 Å². The third-order valence-electron chi connectivity index (χ3n) is 5.07. The fourth-order valence-electron chi connectivity index (χ4n) is 3.49. The second-order valence-corrected chi connectivity index (χ2v) is 8.19. The highest BCUT2D eigenvalue weighted by atomic mass is 79.9. The van der Waals surface area contributed by atoms with Gasteiger partial charge in [-0.15, -0.1) is 5.10 Å². The van der Waals surface area contributed by atoms with Crippen LogP contribution in [0.25, 0.3) is 11.0 Å². The molecule has 0 bridgehead atoms. The summed E-state index contributed by atoms with van der Waals surface area (Å²) in [6.45, 7) is 2.65. The summed E-state index contributed by atoms with van der Waals surface area (Å²) in [7, 11) is 0. The Hall–Kier alpha value is -1.28. The quantitative estimate of drug-likeness (QED) is 0.622. The Morgan fingerprint density at radius 2 is 2.15 bits per heavy atom. The van der Waals surface area contributed by atoms with E-state index in [-0.39, 0.29) is 13.0 Å². The molecular formula is C18H23BrF2N4O. The van der Waals surface area contributed by atoms with E-state index < -0.39 is 5.92 Å². The van der Waals surface area contributed by atoms with Crippen LogP contribution in [-0.4, -0.2) is 52.1 Å². The molecule has 2 fully saturated rings. The molecule has 0 spiro atoms. The van der Waals surface area contributed by atoms with E-state index in [1.807, 2.05) is 21.7 Å². The van der Waals surface area contributed by atoms with E-state index in [0.717, 1.165) is 46.7 Å². The summed E-state index contributed by atoms with van der Waals surface area (Å²) in [6.07, 6.45) is 3.83. The fraction of sp³-hybridized carbons (Fsp3) is 0.667. The van der Waals surface area contributed by atoms with E-state index in [4.69, 9.17) is 4.74 Å². The molecule has 4 rings (SSSR count). The van der Waals surface area contributed by atoms with Crippen LogP contribution in [0.4, 0.5) is 8.78 Å². The van der Waals surface area contributed by atoms with E-state index in [1.54, 1.807) is 0 Å². The van der Waals surface area contributed by atoms with Gasteiger partial charge in [-0.25, -0.2) is 13.5 Å². The Morgan fingerprint density at radius 3 is 2.92 bits per heavy atom. The summed E-state index contributed by atoms with van der Waals surface area (Å²) >= 11 is 3.57. The number of nitrogens with zero attached hydrogens (tertiary/aromatic N) is 4. The van der Waals surface area contributed by atoms with Gasteiger partial charge in [-0.3, -0.25) is 4.90 Å². The summed E-state index contributed by atoms with van der Waals surface area (Å²) in [4.78, 5) is 1.83. The Morgan fingerprint density at radius 1 is 1.31 bits per heavy atom. The Labute approximate surface area is 159 Å². The van der Waals surface area contributed by atoms with Gasteiger partial charge in [-0.1, -0.05) is 5.21 Å². The van der Waals surface area contributed by atoms with E-state index in [2.05, 4.69) is 26.2 Å². The highest BCUT2D eigenvalue weighted by Crippen LogP contribution is 2.35. The lowest BCUT2D eigenvalue weighted by atomic mass is 10.1. The number of rotatable bonds is 7. The van der Waals surface area contributed by atoms with Crippen LogP contribution >= 0.6 is 15.9 Å². The number of alkyl halides is 2. The predicted octanol–water partition coefficient (Wildman–Crippen LogP) is 4.10. The highest BCUT2D eigenvalue weighted by molar-refractivity contribution is 9.10. The summed E-state index contributed by atoms with van der Waals surface area (Å²) in [5, 5.41) is 8.52. The smallest absolute Gasteiger partial charge is 0.260 e. The molecule has 5 nitrogen and oxygen atoms in total. The Balaban J connectivity index is 1.32. The lowest BCUT2D eigenvalue weighted by molar-refractivity contribution is -0.0644. The maximum Gasteiger partial charge on any atom is 0.260 e. The predicted molar refractivity (Wildman–Crippen MR) is 98.7 cm³/mol. The summed E-state index contributed by atoms with van der Waals surface area (Å²) in [5.41, 5.74) is 1.81. The Kier molecular flexibility index (Phi) is 5.14. The van der Waals surface area contributed by atoms with Crippen LogP contribution in [0, 0.1) is 5.92 Å². The summed E-state index contributed by atoms with van der Waals surface area (Å²) < 4.78 is 35.5. The van der Waals surface area contributed by atoms with E-state index >= 15 is 0 Å². The zero-order chi connectivity index (χ0) is 18.1. The molecule has 0 radical (unpaired) electrons. The molecule has 1 aliphatic heterocycles. The zero-order valence-electron chi connectivity index (χ0n) is 14.6. The van der Waals surface area contributed by atoms with Crippen LogP contribution in [0.3, 0.4) is 0 Å². The van der Waals surface area contributed by atoms with Gasteiger partial charge in [0.05, 0.1) is 23.1 Å². The molecule has 8 heteroatoms. The molecular weight excluding hydrogens is 406 g/mol. The molecule has 1 saturated carbocycles. The van der Waals surface area contributed by atoms with Gasteiger partial charge in [-0.05, 0) is 66.2 Å². The van der Waals surface area contributed by atoms with Crippen LogP contribution < -0.4 is 4.74 Å². The van der Waals surface area contributed by atoms with Gasteiger partial charge in [0.1, 0.15) is 11.3 Å². The molecule has 142 valence electrons. The largest absolute Gasteiger partial charge is 0.492 e. The molecule has 2 heterocycles.